The van der Waals surface area contributed by atoms with E-state index in [1.54, 1.807) is 0 Å². The van der Waals surface area contributed by atoms with Crippen LogP contribution in [0.5, 0.6) is 0 Å². The van der Waals surface area contributed by atoms with Crippen molar-refractivity contribution < 1.29 is 38.4 Å². The van der Waals surface area contributed by atoms with Crippen LogP contribution in [-0.2, 0) is 23.4 Å². The summed E-state index contributed by atoms with van der Waals surface area (Å²) in [5.41, 5.74) is 0. The molecule has 0 unspecified atom stereocenters. The van der Waals surface area contributed by atoms with Crippen LogP contribution in [0.25, 0.3) is 0 Å². The molecule has 5 nitrogen and oxygen atoms in total. The maximum absolute atomic E-state index is 9.97. The van der Waals surface area contributed by atoms with Gasteiger partial charge >= 0.3 is 12.1 Å². The number of aliphatic carboxylic acids is 1. The number of carboxylic acids is 1. The van der Waals surface area contributed by atoms with Crippen molar-refractivity contribution >= 4 is 12.1 Å². The molecule has 2 N–H and O–H groups in total. The summed E-state index contributed by atoms with van der Waals surface area (Å²) in [6.07, 6.45) is -1.16. The summed E-state index contributed by atoms with van der Waals surface area (Å²) in [7, 11) is 0. The second-order valence-corrected chi connectivity index (χ2v) is 1.79. The van der Waals surface area contributed by atoms with Crippen LogP contribution >= 0.6 is 0 Å². The smallest absolute Gasteiger partial charge is 0.408 e. The van der Waals surface area contributed by atoms with Crippen LogP contribution in [0, 0.1) is 0 Å². The summed E-state index contributed by atoms with van der Waals surface area (Å²) in [6.45, 7) is 0.130. The molecule has 1 fully saturated rings. The van der Waals surface area contributed by atoms with Crippen molar-refractivity contribution in [1.82, 2.24) is 4.90 Å². The fourth-order valence-corrected chi connectivity index (χ4v) is 0.562. The summed E-state index contributed by atoms with van der Waals surface area (Å²) in [4.78, 5) is 20.8. The molecule has 1 amide bonds. The van der Waals surface area contributed by atoms with E-state index in [0.717, 1.165) is 4.90 Å². The third kappa shape index (κ3) is 1.65. The third-order valence-electron chi connectivity index (χ3n) is 1.14. The van der Waals surface area contributed by atoms with Crippen LogP contribution in [0.3, 0.4) is 0 Å². The topological polar surface area (TPSA) is 77.6 Å². The van der Waals surface area contributed by atoms with Crippen molar-refractivity contribution in [3.8, 4) is 0 Å². The van der Waals surface area contributed by atoms with E-state index in [4.69, 9.17) is 10.2 Å². The van der Waals surface area contributed by atoms with Crippen molar-refractivity contribution in [2.24, 2.45) is 0 Å². The number of hydrogen-bond acceptors (Lipinski definition) is 2. The van der Waals surface area contributed by atoms with Gasteiger partial charge in [-0.25, -0.2) is 9.59 Å². The second-order valence-electron chi connectivity index (χ2n) is 1.79. The van der Waals surface area contributed by atoms with E-state index >= 15 is 0 Å². The van der Waals surface area contributed by atoms with Crippen molar-refractivity contribution in [2.75, 3.05) is 6.54 Å². The molecule has 10 heavy (non-hydrogen) atoms. The Morgan fingerprint density at radius 2 is 1.90 bits per heavy atom. The molecule has 1 aliphatic heterocycles. The van der Waals surface area contributed by atoms with Gasteiger partial charge in [0, 0.05) is 18.6 Å². The first kappa shape index (κ1) is 9.32. The molecule has 6 heteroatoms. The van der Waals surface area contributed by atoms with Gasteiger partial charge in [0.1, 0.15) is 0 Å². The normalized spacial score (nSPS) is 21.2. The van der Waals surface area contributed by atoms with Gasteiger partial charge in [-0.05, 0) is 0 Å². The Labute approximate surface area is 68.5 Å². The van der Waals surface area contributed by atoms with Gasteiger partial charge < -0.3 is 10.2 Å². The quantitative estimate of drug-likeness (QED) is 0.532. The molecule has 1 radical (unpaired) electrons. The molecule has 1 saturated heterocycles. The molecule has 0 aliphatic carbocycles. The average molecular weight is 182 g/mol. The molecule has 1 aliphatic rings. The average Bonchev–Trinajstić information content (AvgIpc) is 2.39. The van der Waals surface area contributed by atoms with E-state index in [-0.39, 0.29) is 25.1 Å². The van der Waals surface area contributed by atoms with E-state index in [0.29, 0.717) is 0 Å². The van der Waals surface area contributed by atoms with Gasteiger partial charge in [0.15, 0.2) is 6.04 Å². The minimum absolute atomic E-state index is 0. The number of hydrogen-bond donors (Lipinski definition) is 2. The first-order chi connectivity index (χ1) is 4.13. The van der Waals surface area contributed by atoms with E-state index in [1.807, 2.05) is 0 Å². The Morgan fingerprint density at radius 3 is 2.00 bits per heavy atom. The van der Waals surface area contributed by atoms with E-state index in [9.17, 15) is 9.59 Å². The molecule has 1 rings (SSSR count). The van der Waals surface area contributed by atoms with Crippen molar-refractivity contribution in [3.63, 3.8) is 0 Å². The van der Waals surface area contributed by atoms with Crippen molar-refractivity contribution in [1.29, 1.82) is 0 Å². The van der Waals surface area contributed by atoms with Gasteiger partial charge in [0.05, 0.1) is 6.54 Å². The van der Waals surface area contributed by atoms with Crippen LogP contribution in [0.1, 0.15) is 0 Å². The second kappa shape index (κ2) is 2.94. The van der Waals surface area contributed by atoms with Gasteiger partial charge in [-0.3, -0.25) is 4.90 Å². The van der Waals surface area contributed by atoms with Crippen LogP contribution in [-0.4, -0.2) is 39.8 Å². The predicted octanol–water partition coefficient (Wildman–Crippen LogP) is -0.569. The summed E-state index contributed by atoms with van der Waals surface area (Å²) >= 11 is 0. The number of rotatable bonds is 1. The Morgan fingerprint density at radius 1 is 1.40 bits per heavy atom. The maximum atomic E-state index is 9.97. The molecule has 1 heterocycles. The monoisotopic (exact) mass is 182 g/mol. The predicted molar refractivity (Wildman–Crippen MR) is 26.2 cm³/mol. The van der Waals surface area contributed by atoms with Gasteiger partial charge in [0.2, 0.25) is 0 Å². The first-order valence-electron chi connectivity index (χ1n) is 2.35. The molecule has 0 aromatic heterocycles. The SMILES string of the molecule is O=C(O)[C@@H]1CN1C(=O)O.[V]. The van der Waals surface area contributed by atoms with Crippen molar-refractivity contribution in [3.05, 3.63) is 0 Å². The summed E-state index contributed by atoms with van der Waals surface area (Å²) in [5.74, 6) is -1.07. The Bertz CT molecular complexity index is 153. The molecular weight excluding hydrogens is 177 g/mol. The summed E-state index contributed by atoms with van der Waals surface area (Å²) < 4.78 is 0. The van der Waals surface area contributed by atoms with Gasteiger partial charge in [-0.2, -0.15) is 0 Å². The zero-order chi connectivity index (χ0) is 7.02. The van der Waals surface area contributed by atoms with Gasteiger partial charge in [0.25, 0.3) is 0 Å². The molecule has 0 spiro atoms. The zero-order valence-electron chi connectivity index (χ0n) is 4.89. The molecule has 1 atom stereocenters. The van der Waals surface area contributed by atoms with Crippen LogP contribution < -0.4 is 0 Å². The van der Waals surface area contributed by atoms with Gasteiger partial charge in [-0.1, -0.05) is 0 Å². The van der Waals surface area contributed by atoms with Crippen LogP contribution in [0.4, 0.5) is 4.79 Å². The van der Waals surface area contributed by atoms with Crippen LogP contribution in [0.15, 0.2) is 0 Å². The minimum Gasteiger partial charge on any atom is -0.480 e. The third-order valence-corrected chi connectivity index (χ3v) is 1.14. The van der Waals surface area contributed by atoms with Crippen molar-refractivity contribution in [2.45, 2.75) is 6.04 Å². The minimum atomic E-state index is -1.16. The number of nitrogens with zero attached hydrogens (tertiary/aromatic N) is 1. The molecule has 0 saturated carbocycles. The maximum Gasteiger partial charge on any atom is 0.408 e. The standard InChI is InChI=1S/C4H5NO4.V/c6-3(7)2-1-5(2)4(8)9;/h2H,1H2,(H,6,7)(H,8,9);/t2-,5?;/m0./s1. The molecule has 0 aromatic carbocycles. The Balaban J connectivity index is 0.000000810. The molecule has 0 aromatic rings. The summed E-state index contributed by atoms with van der Waals surface area (Å²) in [5, 5.41) is 16.3. The summed E-state index contributed by atoms with van der Waals surface area (Å²) in [6, 6.07) is -0.789. The number of carbonyl (C=O) groups is 2. The van der Waals surface area contributed by atoms with E-state index in [1.165, 1.54) is 0 Å². The van der Waals surface area contributed by atoms with Crippen LogP contribution in [0.2, 0.25) is 0 Å². The van der Waals surface area contributed by atoms with E-state index < -0.39 is 18.1 Å². The Hall–Kier alpha value is -0.676. The molecule has 0 bridgehead atoms. The molecule has 55 valence electrons. The zero-order valence-corrected chi connectivity index (χ0v) is 6.29. The van der Waals surface area contributed by atoms with Gasteiger partial charge in [-0.15, -0.1) is 0 Å². The largest absolute Gasteiger partial charge is 0.480 e. The number of carboxylic acid groups (broad SMARTS) is 2. The first-order valence-corrected chi connectivity index (χ1v) is 2.35. The fraction of sp³-hybridized carbons (Fsp3) is 0.500. The fourth-order valence-electron chi connectivity index (χ4n) is 0.562. The molecular formula is C4H5NO4V. The van der Waals surface area contributed by atoms with E-state index in [2.05, 4.69) is 0 Å². The number of amides is 1. The Kier molecular flexibility index (Phi) is 2.74.